The third-order valence-corrected chi connectivity index (χ3v) is 7.51. The maximum atomic E-state index is 13.1. The normalized spacial score (nSPS) is 15.4. The highest BCUT2D eigenvalue weighted by Gasteiger charge is 2.24. The minimum Gasteiger partial charge on any atom is -0.334 e. The molecule has 1 amide bonds. The topological polar surface area (TPSA) is 70.9 Å². The largest absolute Gasteiger partial charge is 0.334 e. The number of quaternary nitrogens is 1. The van der Waals surface area contributed by atoms with Gasteiger partial charge in [0, 0.05) is 11.3 Å². The fourth-order valence-electron chi connectivity index (χ4n) is 3.74. The Morgan fingerprint density at radius 2 is 1.48 bits per heavy atom. The van der Waals surface area contributed by atoms with Crippen LogP contribution in [0.25, 0.3) is 0 Å². The number of aryl methyl sites for hydroxylation is 2. The molecule has 7 heteroatoms. The first-order valence-corrected chi connectivity index (χ1v) is 11.4. The predicted octanol–water partition coefficient (Wildman–Crippen LogP) is 1.69. The van der Waals surface area contributed by atoms with Gasteiger partial charge in [-0.15, -0.1) is 0 Å². The predicted molar refractivity (Wildman–Crippen MR) is 115 cm³/mol. The van der Waals surface area contributed by atoms with Gasteiger partial charge in [-0.05, 0) is 74.2 Å². The molecule has 1 aliphatic rings. The quantitative estimate of drug-likeness (QED) is 0.797. The Hall–Kier alpha value is -2.38. The number of carbonyl (C=O) groups excluding carboxylic acids is 1. The first kappa shape index (κ1) is 21.3. The number of hydrogen-bond acceptors (Lipinski definition) is 3. The van der Waals surface area contributed by atoms with E-state index in [1.54, 1.807) is 24.3 Å². The van der Waals surface area contributed by atoms with E-state index in [0.29, 0.717) is 16.1 Å². The lowest BCUT2D eigenvalue weighted by atomic mass is 10.0. The SMILES string of the molecule is Cc1cc(C)c(C)c(S(=O)(=O)Nc2ccc(C(=O)N3CC[NH+](C)CC3)cc2)c1C. The van der Waals surface area contributed by atoms with Crippen molar-refractivity contribution in [2.24, 2.45) is 0 Å². The van der Waals surface area contributed by atoms with E-state index in [0.717, 1.165) is 48.4 Å². The third kappa shape index (κ3) is 4.46. The van der Waals surface area contributed by atoms with E-state index in [4.69, 9.17) is 0 Å². The zero-order valence-corrected chi connectivity index (χ0v) is 18.6. The van der Waals surface area contributed by atoms with E-state index >= 15 is 0 Å². The summed E-state index contributed by atoms with van der Waals surface area (Å²) in [6.07, 6.45) is 0. The van der Waals surface area contributed by atoms with Crippen molar-refractivity contribution in [2.45, 2.75) is 32.6 Å². The molecule has 1 heterocycles. The summed E-state index contributed by atoms with van der Waals surface area (Å²) in [5.41, 5.74) is 4.43. The van der Waals surface area contributed by atoms with Gasteiger partial charge in [0.15, 0.2) is 0 Å². The van der Waals surface area contributed by atoms with Gasteiger partial charge in [-0.2, -0.15) is 0 Å². The molecule has 2 N–H and O–H groups in total. The molecule has 2 aromatic carbocycles. The number of nitrogens with zero attached hydrogens (tertiary/aromatic N) is 1. The van der Waals surface area contributed by atoms with Crippen LogP contribution in [0.4, 0.5) is 5.69 Å². The second kappa shape index (κ2) is 8.16. The standard InChI is InChI=1S/C22H29N3O3S/c1-15-14-16(2)18(4)21(17(15)3)29(27,28)23-20-8-6-19(7-9-20)22(26)25-12-10-24(5)11-13-25/h6-9,14,23H,10-13H2,1-5H3/p+1. The van der Waals surface area contributed by atoms with E-state index in [9.17, 15) is 13.2 Å². The van der Waals surface area contributed by atoms with Gasteiger partial charge in [-0.3, -0.25) is 9.52 Å². The van der Waals surface area contributed by atoms with Gasteiger partial charge in [0.2, 0.25) is 0 Å². The molecule has 0 radical (unpaired) electrons. The lowest BCUT2D eigenvalue weighted by Gasteiger charge is -2.30. The van der Waals surface area contributed by atoms with Crippen LogP contribution in [0, 0.1) is 27.7 Å². The van der Waals surface area contributed by atoms with Crippen molar-refractivity contribution in [2.75, 3.05) is 37.9 Å². The second-order valence-electron chi connectivity index (χ2n) is 8.02. The minimum absolute atomic E-state index is 0.00657. The molecule has 0 atom stereocenters. The average molecular weight is 417 g/mol. The number of hydrogen-bond donors (Lipinski definition) is 2. The van der Waals surface area contributed by atoms with Crippen LogP contribution in [-0.4, -0.2) is 52.5 Å². The summed E-state index contributed by atoms with van der Waals surface area (Å²) in [5, 5.41) is 0. The first-order chi connectivity index (χ1) is 13.6. The van der Waals surface area contributed by atoms with Gasteiger partial charge < -0.3 is 9.80 Å². The van der Waals surface area contributed by atoms with Gasteiger partial charge in [0.05, 0.1) is 38.1 Å². The molecular formula is C22H30N3O3S+. The molecule has 0 unspecified atom stereocenters. The molecule has 0 aliphatic carbocycles. The number of rotatable bonds is 4. The van der Waals surface area contributed by atoms with Crippen molar-refractivity contribution < 1.29 is 18.1 Å². The highest BCUT2D eigenvalue weighted by Crippen LogP contribution is 2.28. The lowest BCUT2D eigenvalue weighted by Crippen LogP contribution is -3.12. The Morgan fingerprint density at radius 3 is 2.00 bits per heavy atom. The summed E-state index contributed by atoms with van der Waals surface area (Å²) in [6, 6.07) is 8.68. The Kier molecular flexibility index (Phi) is 6.00. The molecule has 0 bridgehead atoms. The molecule has 2 aromatic rings. The molecule has 0 saturated carbocycles. The third-order valence-electron chi connectivity index (χ3n) is 5.85. The first-order valence-electron chi connectivity index (χ1n) is 9.91. The number of likely N-dealkylation sites (N-methyl/N-ethyl adjacent to an activating group) is 1. The average Bonchev–Trinajstić information content (AvgIpc) is 2.67. The van der Waals surface area contributed by atoms with Crippen molar-refractivity contribution in [3.8, 4) is 0 Å². The van der Waals surface area contributed by atoms with Gasteiger partial charge in [-0.1, -0.05) is 6.07 Å². The van der Waals surface area contributed by atoms with Crippen LogP contribution in [-0.2, 0) is 10.0 Å². The van der Waals surface area contributed by atoms with Crippen LogP contribution in [0.2, 0.25) is 0 Å². The Balaban J connectivity index is 1.80. The van der Waals surface area contributed by atoms with E-state index in [2.05, 4.69) is 11.8 Å². The highest BCUT2D eigenvalue weighted by molar-refractivity contribution is 7.92. The van der Waals surface area contributed by atoms with E-state index < -0.39 is 10.0 Å². The Morgan fingerprint density at radius 1 is 0.966 bits per heavy atom. The Labute approximate surface area is 173 Å². The van der Waals surface area contributed by atoms with E-state index in [-0.39, 0.29) is 5.91 Å². The molecule has 3 rings (SSSR count). The minimum atomic E-state index is -3.73. The van der Waals surface area contributed by atoms with Crippen LogP contribution in [0.5, 0.6) is 0 Å². The Bertz CT molecular complexity index is 996. The van der Waals surface area contributed by atoms with Gasteiger partial charge in [-0.25, -0.2) is 8.42 Å². The summed E-state index contributed by atoms with van der Waals surface area (Å²) in [6.45, 7) is 10.9. The number of anilines is 1. The van der Waals surface area contributed by atoms with Crippen LogP contribution >= 0.6 is 0 Å². The second-order valence-corrected chi connectivity index (χ2v) is 9.64. The maximum absolute atomic E-state index is 13.1. The van der Waals surface area contributed by atoms with Crippen LogP contribution < -0.4 is 9.62 Å². The molecule has 0 aromatic heterocycles. The van der Waals surface area contributed by atoms with Gasteiger partial charge in [0.25, 0.3) is 15.9 Å². The lowest BCUT2D eigenvalue weighted by molar-refractivity contribution is -0.883. The molecule has 156 valence electrons. The molecule has 0 spiro atoms. The fraction of sp³-hybridized carbons (Fsp3) is 0.409. The smallest absolute Gasteiger partial charge is 0.262 e. The summed E-state index contributed by atoms with van der Waals surface area (Å²) < 4.78 is 28.8. The maximum Gasteiger partial charge on any atom is 0.262 e. The van der Waals surface area contributed by atoms with Crippen molar-refractivity contribution in [1.29, 1.82) is 0 Å². The van der Waals surface area contributed by atoms with Gasteiger partial charge >= 0.3 is 0 Å². The highest BCUT2D eigenvalue weighted by atomic mass is 32.2. The molecule has 6 nitrogen and oxygen atoms in total. The number of benzene rings is 2. The van der Waals surface area contributed by atoms with E-state index in [1.807, 2.05) is 38.7 Å². The molecular weight excluding hydrogens is 386 g/mol. The summed E-state index contributed by atoms with van der Waals surface area (Å²) in [5.74, 6) is -0.00657. The van der Waals surface area contributed by atoms with Crippen molar-refractivity contribution in [3.63, 3.8) is 0 Å². The van der Waals surface area contributed by atoms with Crippen molar-refractivity contribution >= 4 is 21.6 Å². The zero-order valence-electron chi connectivity index (χ0n) is 17.8. The number of sulfonamides is 1. The monoisotopic (exact) mass is 416 g/mol. The van der Waals surface area contributed by atoms with Crippen molar-refractivity contribution in [1.82, 2.24) is 4.90 Å². The zero-order chi connectivity index (χ0) is 21.3. The van der Waals surface area contributed by atoms with Crippen LogP contribution in [0.15, 0.2) is 35.2 Å². The number of carbonyl (C=O) groups is 1. The molecule has 1 saturated heterocycles. The number of piperazine rings is 1. The number of amides is 1. The fourth-order valence-corrected chi connectivity index (χ4v) is 5.42. The summed E-state index contributed by atoms with van der Waals surface area (Å²) >= 11 is 0. The van der Waals surface area contributed by atoms with Crippen molar-refractivity contribution in [3.05, 3.63) is 58.1 Å². The molecule has 1 fully saturated rings. The van der Waals surface area contributed by atoms with Crippen LogP contribution in [0.3, 0.4) is 0 Å². The van der Waals surface area contributed by atoms with Gasteiger partial charge in [0.1, 0.15) is 0 Å². The summed E-state index contributed by atoms with van der Waals surface area (Å²) in [7, 11) is -1.60. The molecule has 1 aliphatic heterocycles. The summed E-state index contributed by atoms with van der Waals surface area (Å²) in [4.78, 5) is 16.3. The van der Waals surface area contributed by atoms with E-state index in [1.165, 1.54) is 4.90 Å². The molecule has 29 heavy (non-hydrogen) atoms. The number of nitrogens with one attached hydrogen (secondary N) is 2. The van der Waals surface area contributed by atoms with Crippen LogP contribution in [0.1, 0.15) is 32.6 Å².